The second kappa shape index (κ2) is 11.2. The third kappa shape index (κ3) is 11.0. The highest BCUT2D eigenvalue weighted by molar-refractivity contribution is 5.66. The molecule has 0 bridgehead atoms. The minimum Gasteiger partial charge on any atom is -0.481 e. The molecule has 0 aliphatic rings. The van der Waals surface area contributed by atoms with Gasteiger partial charge in [0.1, 0.15) is 0 Å². The molecule has 0 aliphatic heterocycles. The molecule has 2 nitrogen and oxygen atoms in total. The fourth-order valence-corrected chi connectivity index (χ4v) is 1.85. The molecule has 0 saturated carbocycles. The summed E-state index contributed by atoms with van der Waals surface area (Å²) < 4.78 is 0. The lowest BCUT2D eigenvalue weighted by Gasteiger charge is -2.12. The van der Waals surface area contributed by atoms with Crippen LogP contribution in [0.15, 0.2) is 37.0 Å². The van der Waals surface area contributed by atoms with Crippen molar-refractivity contribution in [3.63, 3.8) is 0 Å². The Morgan fingerprint density at radius 2 is 2.06 bits per heavy atom. The van der Waals surface area contributed by atoms with Crippen LogP contribution in [0.25, 0.3) is 0 Å². The van der Waals surface area contributed by atoms with Crippen molar-refractivity contribution in [2.45, 2.75) is 45.4 Å². The lowest BCUT2D eigenvalue weighted by atomic mass is 9.94. The van der Waals surface area contributed by atoms with Gasteiger partial charge in [0.05, 0.1) is 0 Å². The normalized spacial score (nSPS) is 13.2. The first kappa shape index (κ1) is 15.7. The summed E-state index contributed by atoms with van der Waals surface area (Å²) in [6.07, 6.45) is 15.2. The minimum absolute atomic E-state index is 0.313. The van der Waals surface area contributed by atoms with E-state index < -0.39 is 5.97 Å². The van der Waals surface area contributed by atoms with Crippen LogP contribution in [0, 0.1) is 5.92 Å². The van der Waals surface area contributed by atoms with Crippen LogP contribution >= 0.6 is 0 Å². The summed E-state index contributed by atoms with van der Waals surface area (Å²) in [4.78, 5) is 10.7. The predicted molar refractivity (Wildman–Crippen MR) is 73.0 cm³/mol. The molecular weight excluding hydrogens is 212 g/mol. The van der Waals surface area contributed by atoms with E-state index in [1.165, 1.54) is 0 Å². The van der Waals surface area contributed by atoms with E-state index in [2.05, 4.69) is 19.6 Å². The SMILES string of the molecule is C=CC=CC=CCCCC(CCC)CC(=O)O. The zero-order chi connectivity index (χ0) is 12.9. The molecule has 0 rings (SSSR count). The van der Waals surface area contributed by atoms with E-state index in [9.17, 15) is 4.79 Å². The predicted octanol–water partition coefficient (Wildman–Crippen LogP) is 4.35. The summed E-state index contributed by atoms with van der Waals surface area (Å²) in [5.74, 6) is -0.331. The Kier molecular flexibility index (Phi) is 10.3. The molecular formula is C15H24O2. The number of hydrogen-bond acceptors (Lipinski definition) is 1. The molecule has 17 heavy (non-hydrogen) atoms. The molecule has 0 fully saturated rings. The van der Waals surface area contributed by atoms with Crippen LogP contribution in [0.3, 0.4) is 0 Å². The van der Waals surface area contributed by atoms with Crippen LogP contribution in [0.1, 0.15) is 45.4 Å². The fourth-order valence-electron chi connectivity index (χ4n) is 1.85. The van der Waals surface area contributed by atoms with Crippen molar-refractivity contribution in [3.8, 4) is 0 Å². The topological polar surface area (TPSA) is 37.3 Å². The number of hydrogen-bond donors (Lipinski definition) is 1. The van der Waals surface area contributed by atoms with Crippen molar-refractivity contribution >= 4 is 5.97 Å². The number of carboxylic acid groups (broad SMARTS) is 1. The Morgan fingerprint density at radius 1 is 1.29 bits per heavy atom. The van der Waals surface area contributed by atoms with E-state index in [1.807, 2.05) is 18.2 Å². The first-order valence-electron chi connectivity index (χ1n) is 6.36. The standard InChI is InChI=1S/C15H24O2/c1-3-5-6-7-8-9-10-12-14(11-4-2)13-15(16)17/h3,5-8,14H,1,4,9-13H2,2H3,(H,16,17). The molecule has 1 atom stereocenters. The summed E-state index contributed by atoms with van der Waals surface area (Å²) in [6, 6.07) is 0. The Balaban J connectivity index is 3.73. The summed E-state index contributed by atoms with van der Waals surface area (Å²) in [7, 11) is 0. The van der Waals surface area contributed by atoms with E-state index in [0.29, 0.717) is 12.3 Å². The molecule has 0 aliphatic carbocycles. The number of aliphatic carboxylic acids is 1. The largest absolute Gasteiger partial charge is 0.481 e. The Bertz CT molecular complexity index is 264. The van der Waals surface area contributed by atoms with Gasteiger partial charge >= 0.3 is 5.97 Å². The number of carbonyl (C=O) groups is 1. The second-order valence-corrected chi connectivity index (χ2v) is 4.23. The molecule has 0 aromatic rings. The number of carboxylic acids is 1. The van der Waals surface area contributed by atoms with Gasteiger partial charge in [-0.15, -0.1) is 0 Å². The monoisotopic (exact) mass is 236 g/mol. The van der Waals surface area contributed by atoms with Crippen LogP contribution in [-0.4, -0.2) is 11.1 Å². The molecule has 0 aromatic heterocycles. The van der Waals surface area contributed by atoms with Crippen molar-refractivity contribution < 1.29 is 9.90 Å². The smallest absolute Gasteiger partial charge is 0.303 e. The molecule has 2 heteroatoms. The van der Waals surface area contributed by atoms with Crippen molar-refractivity contribution in [2.24, 2.45) is 5.92 Å². The number of unbranched alkanes of at least 4 members (excludes halogenated alkanes) is 1. The highest BCUT2D eigenvalue weighted by Crippen LogP contribution is 2.18. The molecule has 0 spiro atoms. The lowest BCUT2D eigenvalue weighted by molar-refractivity contribution is -0.138. The molecule has 0 heterocycles. The zero-order valence-electron chi connectivity index (χ0n) is 10.8. The molecule has 1 unspecified atom stereocenters. The number of rotatable bonds is 10. The van der Waals surface area contributed by atoms with Crippen LogP contribution in [-0.2, 0) is 4.79 Å². The summed E-state index contributed by atoms with van der Waals surface area (Å²) >= 11 is 0. The van der Waals surface area contributed by atoms with Crippen molar-refractivity contribution in [1.29, 1.82) is 0 Å². The summed E-state index contributed by atoms with van der Waals surface area (Å²) in [5, 5.41) is 8.78. The first-order chi connectivity index (χ1) is 8.20. The molecule has 96 valence electrons. The van der Waals surface area contributed by atoms with Gasteiger partial charge in [-0.05, 0) is 25.2 Å². The van der Waals surface area contributed by atoms with E-state index >= 15 is 0 Å². The maximum absolute atomic E-state index is 10.7. The van der Waals surface area contributed by atoms with Crippen molar-refractivity contribution in [1.82, 2.24) is 0 Å². The maximum Gasteiger partial charge on any atom is 0.303 e. The molecule has 0 amide bonds. The molecule has 0 radical (unpaired) electrons. The highest BCUT2D eigenvalue weighted by atomic mass is 16.4. The van der Waals surface area contributed by atoms with Crippen LogP contribution in [0.4, 0.5) is 0 Å². The van der Waals surface area contributed by atoms with Gasteiger partial charge in [-0.25, -0.2) is 0 Å². The first-order valence-corrected chi connectivity index (χ1v) is 6.36. The van der Waals surface area contributed by atoms with Gasteiger partial charge in [-0.3, -0.25) is 4.79 Å². The zero-order valence-corrected chi connectivity index (χ0v) is 10.8. The van der Waals surface area contributed by atoms with Crippen molar-refractivity contribution in [2.75, 3.05) is 0 Å². The Hall–Kier alpha value is -1.31. The Morgan fingerprint density at radius 3 is 2.65 bits per heavy atom. The van der Waals surface area contributed by atoms with Crippen LogP contribution in [0.2, 0.25) is 0 Å². The summed E-state index contributed by atoms with van der Waals surface area (Å²) in [6.45, 7) is 5.70. The van der Waals surface area contributed by atoms with Gasteiger partial charge in [-0.2, -0.15) is 0 Å². The van der Waals surface area contributed by atoms with Gasteiger partial charge in [0.25, 0.3) is 0 Å². The maximum atomic E-state index is 10.7. The average molecular weight is 236 g/mol. The van der Waals surface area contributed by atoms with Gasteiger partial charge < -0.3 is 5.11 Å². The van der Waals surface area contributed by atoms with Gasteiger partial charge in [-0.1, -0.05) is 56.7 Å². The molecule has 1 N–H and O–H groups in total. The highest BCUT2D eigenvalue weighted by Gasteiger charge is 2.11. The molecule has 0 aromatic carbocycles. The molecule has 0 saturated heterocycles. The third-order valence-corrected chi connectivity index (χ3v) is 2.64. The third-order valence-electron chi connectivity index (χ3n) is 2.64. The fraction of sp³-hybridized carbons (Fsp3) is 0.533. The second-order valence-electron chi connectivity index (χ2n) is 4.23. The Labute approximate surface area is 105 Å². The van der Waals surface area contributed by atoms with Crippen LogP contribution < -0.4 is 0 Å². The van der Waals surface area contributed by atoms with Gasteiger partial charge in [0, 0.05) is 6.42 Å². The average Bonchev–Trinajstić information content (AvgIpc) is 2.27. The van der Waals surface area contributed by atoms with Gasteiger partial charge in [0.2, 0.25) is 0 Å². The summed E-state index contributed by atoms with van der Waals surface area (Å²) in [5.41, 5.74) is 0. The quantitative estimate of drug-likeness (QED) is 0.452. The van der Waals surface area contributed by atoms with E-state index in [1.54, 1.807) is 6.08 Å². The van der Waals surface area contributed by atoms with Gasteiger partial charge in [0.15, 0.2) is 0 Å². The lowest BCUT2D eigenvalue weighted by Crippen LogP contribution is -2.07. The van der Waals surface area contributed by atoms with Crippen LogP contribution in [0.5, 0.6) is 0 Å². The van der Waals surface area contributed by atoms with Crippen molar-refractivity contribution in [3.05, 3.63) is 37.0 Å². The minimum atomic E-state index is -0.673. The van der Waals surface area contributed by atoms with E-state index in [0.717, 1.165) is 32.1 Å². The number of allylic oxidation sites excluding steroid dienone is 5. The van der Waals surface area contributed by atoms with E-state index in [-0.39, 0.29) is 0 Å². The van der Waals surface area contributed by atoms with E-state index in [4.69, 9.17) is 5.11 Å².